The monoisotopic (exact) mass is 264 g/mol. The van der Waals surface area contributed by atoms with Gasteiger partial charge < -0.3 is 9.84 Å². The van der Waals surface area contributed by atoms with Crippen LogP contribution in [0.25, 0.3) is 0 Å². The molecule has 0 aromatic carbocycles. The molecule has 0 atom stereocenters. The van der Waals surface area contributed by atoms with Crippen LogP contribution in [0.1, 0.15) is 16.1 Å². The van der Waals surface area contributed by atoms with Gasteiger partial charge in [-0.15, -0.1) is 11.3 Å². The number of sulfone groups is 1. The van der Waals surface area contributed by atoms with Crippen LogP contribution >= 0.6 is 11.3 Å². The molecule has 0 aliphatic carbocycles. The summed E-state index contributed by atoms with van der Waals surface area (Å²) in [5.74, 6) is -0.449. The molecule has 1 rings (SSSR count). The Kier molecular flexibility index (Phi) is 4.31. The molecule has 1 N–H and O–H groups in total. The van der Waals surface area contributed by atoms with Crippen molar-refractivity contribution in [3.63, 3.8) is 0 Å². The lowest BCUT2D eigenvalue weighted by Crippen LogP contribution is -2.07. The fraction of sp³-hybridized carbons (Fsp3) is 0.444. The van der Waals surface area contributed by atoms with Crippen LogP contribution in [0.5, 0.6) is 5.75 Å². The summed E-state index contributed by atoms with van der Waals surface area (Å²) in [6.07, 6.45) is 1.57. The first-order valence-electron chi connectivity index (χ1n) is 4.51. The zero-order chi connectivity index (χ0) is 12.2. The van der Waals surface area contributed by atoms with Crippen molar-refractivity contribution in [2.45, 2.75) is 6.42 Å². The Morgan fingerprint density at radius 3 is 2.75 bits per heavy atom. The van der Waals surface area contributed by atoms with E-state index in [0.717, 1.165) is 11.3 Å². The van der Waals surface area contributed by atoms with Crippen LogP contribution in [0.3, 0.4) is 0 Å². The van der Waals surface area contributed by atoms with Crippen LogP contribution in [0.4, 0.5) is 0 Å². The zero-order valence-electron chi connectivity index (χ0n) is 8.67. The Morgan fingerprint density at radius 2 is 2.25 bits per heavy atom. The van der Waals surface area contributed by atoms with Gasteiger partial charge in [0.25, 0.3) is 0 Å². The predicted octanol–water partition coefficient (Wildman–Crippen LogP) is 1.26. The molecule has 5 nitrogen and oxygen atoms in total. The normalized spacial score (nSPS) is 11.3. The topological polar surface area (TPSA) is 80.7 Å². The lowest BCUT2D eigenvalue weighted by molar-refractivity contribution is 0.0702. The molecule has 0 aliphatic rings. The van der Waals surface area contributed by atoms with Gasteiger partial charge in [-0.2, -0.15) is 0 Å². The van der Waals surface area contributed by atoms with Crippen LogP contribution in [-0.2, 0) is 9.84 Å². The van der Waals surface area contributed by atoms with Crippen molar-refractivity contribution in [1.29, 1.82) is 0 Å². The first-order valence-corrected chi connectivity index (χ1v) is 7.45. The van der Waals surface area contributed by atoms with E-state index in [-0.39, 0.29) is 17.2 Å². The van der Waals surface area contributed by atoms with Crippen LogP contribution in [-0.4, -0.2) is 38.1 Å². The first-order chi connectivity index (χ1) is 7.38. The van der Waals surface area contributed by atoms with Crippen molar-refractivity contribution in [2.75, 3.05) is 18.6 Å². The van der Waals surface area contributed by atoms with E-state index in [1.54, 1.807) is 5.38 Å². The van der Waals surface area contributed by atoms with Crippen LogP contribution < -0.4 is 4.74 Å². The molecule has 16 heavy (non-hydrogen) atoms. The van der Waals surface area contributed by atoms with Crippen molar-refractivity contribution in [3.05, 3.63) is 16.3 Å². The molecule has 1 heterocycles. The first kappa shape index (κ1) is 13.0. The van der Waals surface area contributed by atoms with E-state index in [9.17, 15) is 13.2 Å². The fourth-order valence-corrected chi connectivity index (χ4v) is 2.32. The quantitative estimate of drug-likeness (QED) is 0.782. The van der Waals surface area contributed by atoms with E-state index in [0.29, 0.717) is 12.2 Å². The average Bonchev–Trinajstić information content (AvgIpc) is 2.59. The summed E-state index contributed by atoms with van der Waals surface area (Å²) in [5, 5.41) is 10.2. The molecule has 0 bridgehead atoms. The number of carboxylic acid groups (broad SMARTS) is 1. The van der Waals surface area contributed by atoms with Crippen molar-refractivity contribution in [2.24, 2.45) is 0 Å². The number of hydrogen-bond donors (Lipinski definition) is 1. The van der Waals surface area contributed by atoms with Crippen molar-refractivity contribution >= 4 is 27.1 Å². The minimum Gasteiger partial charge on any atom is -0.493 e. The van der Waals surface area contributed by atoms with Gasteiger partial charge >= 0.3 is 5.97 Å². The maximum atomic E-state index is 10.8. The molecule has 0 amide bonds. The van der Waals surface area contributed by atoms with E-state index < -0.39 is 15.8 Å². The Balaban J connectivity index is 2.35. The van der Waals surface area contributed by atoms with E-state index in [1.165, 1.54) is 12.3 Å². The maximum Gasteiger partial charge on any atom is 0.346 e. The molecule has 1 aromatic rings. The van der Waals surface area contributed by atoms with Gasteiger partial charge in [0.1, 0.15) is 20.5 Å². The Morgan fingerprint density at radius 1 is 1.56 bits per heavy atom. The predicted molar refractivity (Wildman–Crippen MR) is 61.1 cm³/mol. The van der Waals surface area contributed by atoms with Crippen LogP contribution in [0.2, 0.25) is 0 Å². The number of rotatable bonds is 6. The molecule has 0 fully saturated rings. The van der Waals surface area contributed by atoms with Gasteiger partial charge in [-0.3, -0.25) is 0 Å². The molecule has 0 saturated carbocycles. The molecule has 0 aliphatic heterocycles. The van der Waals surface area contributed by atoms with Gasteiger partial charge in [0.2, 0.25) is 0 Å². The number of aromatic carboxylic acids is 1. The minimum absolute atomic E-state index is 0.0723. The molecule has 0 spiro atoms. The Bertz CT molecular complexity index is 460. The van der Waals surface area contributed by atoms with Crippen molar-refractivity contribution in [1.82, 2.24) is 0 Å². The molecule has 7 heteroatoms. The summed E-state index contributed by atoms with van der Waals surface area (Å²) in [5.41, 5.74) is 0. The standard InChI is InChI=1S/C9H12O5S2/c1-16(12,13)4-2-3-14-7-5-8(9(10)11)15-6-7/h5-6H,2-4H2,1H3,(H,10,11). The summed E-state index contributed by atoms with van der Waals surface area (Å²) in [6.45, 7) is 0.267. The lowest BCUT2D eigenvalue weighted by atomic mass is 10.4. The molecule has 0 unspecified atom stereocenters. The minimum atomic E-state index is -2.96. The summed E-state index contributed by atoms with van der Waals surface area (Å²) in [6, 6.07) is 1.42. The second-order valence-corrected chi connectivity index (χ2v) is 6.45. The number of carbonyl (C=O) groups is 1. The molecule has 90 valence electrons. The van der Waals surface area contributed by atoms with Crippen molar-refractivity contribution in [3.8, 4) is 5.75 Å². The van der Waals surface area contributed by atoms with Gasteiger partial charge in [0, 0.05) is 17.7 Å². The third kappa shape index (κ3) is 4.63. The number of thiophene rings is 1. The van der Waals surface area contributed by atoms with E-state index in [1.807, 2.05) is 0 Å². The molecule has 0 radical (unpaired) electrons. The third-order valence-electron chi connectivity index (χ3n) is 1.71. The molecule has 0 saturated heterocycles. The Labute approximate surface area is 97.6 Å². The molecular weight excluding hydrogens is 252 g/mol. The number of ether oxygens (including phenoxy) is 1. The molecular formula is C9H12O5S2. The summed E-state index contributed by atoms with van der Waals surface area (Å²) >= 11 is 1.08. The summed E-state index contributed by atoms with van der Waals surface area (Å²) in [7, 11) is -2.96. The van der Waals surface area contributed by atoms with Crippen LogP contribution in [0.15, 0.2) is 11.4 Å². The second-order valence-electron chi connectivity index (χ2n) is 3.28. The van der Waals surface area contributed by atoms with Gasteiger partial charge in [-0.05, 0) is 6.42 Å². The highest BCUT2D eigenvalue weighted by molar-refractivity contribution is 7.90. The second kappa shape index (κ2) is 5.31. The largest absolute Gasteiger partial charge is 0.493 e. The number of hydrogen-bond acceptors (Lipinski definition) is 5. The average molecular weight is 264 g/mol. The Hall–Kier alpha value is -1.08. The van der Waals surface area contributed by atoms with E-state index >= 15 is 0 Å². The lowest BCUT2D eigenvalue weighted by Gasteiger charge is -2.02. The summed E-state index contributed by atoms with van der Waals surface area (Å²) in [4.78, 5) is 10.8. The SMILES string of the molecule is CS(=O)(=O)CCCOc1csc(C(=O)O)c1. The van der Waals surface area contributed by atoms with Gasteiger partial charge in [0.15, 0.2) is 0 Å². The fourth-order valence-electron chi connectivity index (χ4n) is 1.02. The van der Waals surface area contributed by atoms with Gasteiger partial charge in [-0.1, -0.05) is 0 Å². The highest BCUT2D eigenvalue weighted by atomic mass is 32.2. The van der Waals surface area contributed by atoms with Crippen molar-refractivity contribution < 1.29 is 23.1 Å². The maximum absolute atomic E-state index is 10.8. The third-order valence-corrected chi connectivity index (χ3v) is 3.64. The van der Waals surface area contributed by atoms with Crippen LogP contribution in [0, 0.1) is 0 Å². The van der Waals surface area contributed by atoms with Gasteiger partial charge in [0.05, 0.1) is 12.4 Å². The highest BCUT2D eigenvalue weighted by Crippen LogP contribution is 2.21. The smallest absolute Gasteiger partial charge is 0.346 e. The van der Waals surface area contributed by atoms with E-state index in [4.69, 9.17) is 9.84 Å². The summed E-state index contributed by atoms with van der Waals surface area (Å²) < 4.78 is 26.8. The zero-order valence-corrected chi connectivity index (χ0v) is 10.3. The van der Waals surface area contributed by atoms with E-state index in [2.05, 4.69) is 0 Å². The highest BCUT2D eigenvalue weighted by Gasteiger charge is 2.07. The number of carboxylic acids is 1. The molecule has 1 aromatic heterocycles. The van der Waals surface area contributed by atoms with Gasteiger partial charge in [-0.25, -0.2) is 13.2 Å².